The lowest BCUT2D eigenvalue weighted by Crippen LogP contribution is -2.09. The zero-order valence-electron chi connectivity index (χ0n) is 11.6. The lowest BCUT2D eigenvalue weighted by Gasteiger charge is -2.12. The first-order chi connectivity index (χ1) is 11.0. The third-order valence-electron chi connectivity index (χ3n) is 2.95. The van der Waals surface area contributed by atoms with Crippen LogP contribution in [0.1, 0.15) is 11.4 Å². The van der Waals surface area contributed by atoms with E-state index in [4.69, 9.17) is 34.8 Å². The number of halogens is 3. The van der Waals surface area contributed by atoms with Crippen LogP contribution in [0.2, 0.25) is 0 Å². The first kappa shape index (κ1) is 15.9. The molecule has 0 aliphatic rings. The van der Waals surface area contributed by atoms with Gasteiger partial charge in [0.15, 0.2) is 11.6 Å². The third-order valence-corrected chi connectivity index (χ3v) is 3.45. The molecule has 1 aromatic carbocycles. The Bertz CT molecular complexity index is 847. The van der Waals surface area contributed by atoms with Crippen molar-refractivity contribution in [3.8, 4) is 0 Å². The van der Waals surface area contributed by atoms with E-state index in [1.54, 1.807) is 18.6 Å². The summed E-state index contributed by atoms with van der Waals surface area (Å²) in [4.78, 5) is 12.5. The van der Waals surface area contributed by atoms with Crippen LogP contribution in [-0.2, 0) is 3.79 Å². The standard InChI is InChI=1S/C15H10Cl3N5/c16-15(17,18)14-21-12-4-2-1-3-11(12)13(22-14)23-20-9-10-5-7-19-8-6-10/h1-9H,(H,21,22,23)/b20-9-. The highest BCUT2D eigenvalue weighted by Gasteiger charge is 2.28. The van der Waals surface area contributed by atoms with Crippen molar-refractivity contribution in [3.05, 3.63) is 60.2 Å². The average molecular weight is 367 g/mol. The molecule has 0 aliphatic carbocycles. The maximum absolute atomic E-state index is 5.89. The highest BCUT2D eigenvalue weighted by molar-refractivity contribution is 6.66. The maximum atomic E-state index is 5.89. The highest BCUT2D eigenvalue weighted by atomic mass is 35.6. The van der Waals surface area contributed by atoms with Crippen LogP contribution in [0.25, 0.3) is 10.9 Å². The molecule has 116 valence electrons. The number of hydrazone groups is 1. The summed E-state index contributed by atoms with van der Waals surface area (Å²) in [7, 11) is 0. The van der Waals surface area contributed by atoms with Gasteiger partial charge in [-0.2, -0.15) is 5.10 Å². The maximum Gasteiger partial charge on any atom is 0.250 e. The minimum Gasteiger partial charge on any atom is -0.265 e. The molecule has 0 atom stereocenters. The van der Waals surface area contributed by atoms with E-state index in [9.17, 15) is 0 Å². The molecule has 0 saturated heterocycles. The van der Waals surface area contributed by atoms with Gasteiger partial charge in [0, 0.05) is 17.8 Å². The molecular formula is C15H10Cl3N5. The number of alkyl halides is 3. The fourth-order valence-electron chi connectivity index (χ4n) is 1.91. The van der Waals surface area contributed by atoms with Crippen molar-refractivity contribution in [2.75, 3.05) is 5.43 Å². The second-order valence-corrected chi connectivity index (χ2v) is 6.84. The molecule has 1 N–H and O–H groups in total. The number of rotatable bonds is 3. The molecular weight excluding hydrogens is 357 g/mol. The van der Waals surface area contributed by atoms with Crippen molar-refractivity contribution >= 4 is 57.7 Å². The quantitative estimate of drug-likeness (QED) is 0.426. The normalized spacial score (nSPS) is 12.0. The van der Waals surface area contributed by atoms with E-state index in [-0.39, 0.29) is 5.82 Å². The zero-order chi connectivity index (χ0) is 16.3. The Hall–Kier alpha value is -1.95. The summed E-state index contributed by atoms with van der Waals surface area (Å²) in [5.74, 6) is 0.546. The molecule has 0 unspecified atom stereocenters. The van der Waals surface area contributed by atoms with Crippen molar-refractivity contribution in [2.45, 2.75) is 3.79 Å². The number of pyridine rings is 1. The minimum absolute atomic E-state index is 0.0859. The fraction of sp³-hybridized carbons (Fsp3) is 0.0667. The largest absolute Gasteiger partial charge is 0.265 e. The van der Waals surface area contributed by atoms with E-state index in [1.165, 1.54) is 0 Å². The van der Waals surface area contributed by atoms with Crippen LogP contribution < -0.4 is 5.43 Å². The minimum atomic E-state index is -1.71. The summed E-state index contributed by atoms with van der Waals surface area (Å²) in [6, 6.07) is 11.1. The third kappa shape index (κ3) is 3.88. The molecule has 23 heavy (non-hydrogen) atoms. The number of hydrogen-bond acceptors (Lipinski definition) is 5. The molecule has 0 aliphatic heterocycles. The Morgan fingerprint density at radius 3 is 2.48 bits per heavy atom. The summed E-state index contributed by atoms with van der Waals surface area (Å²) >= 11 is 17.7. The van der Waals surface area contributed by atoms with Crippen LogP contribution in [0.5, 0.6) is 0 Å². The molecule has 8 heteroatoms. The van der Waals surface area contributed by atoms with Crippen LogP contribution in [0.15, 0.2) is 53.9 Å². The number of fused-ring (bicyclic) bond motifs is 1. The summed E-state index contributed by atoms with van der Waals surface area (Å²) < 4.78 is -1.71. The SMILES string of the molecule is ClC(Cl)(Cl)c1nc(N/N=C\c2ccncc2)c2ccccc2n1. The van der Waals surface area contributed by atoms with Crippen LogP contribution in [-0.4, -0.2) is 21.2 Å². The van der Waals surface area contributed by atoms with Gasteiger partial charge < -0.3 is 0 Å². The van der Waals surface area contributed by atoms with Gasteiger partial charge in [-0.25, -0.2) is 9.97 Å². The van der Waals surface area contributed by atoms with E-state index in [2.05, 4.69) is 25.5 Å². The Morgan fingerprint density at radius 1 is 1.00 bits per heavy atom. The first-order valence-electron chi connectivity index (χ1n) is 6.57. The smallest absolute Gasteiger partial charge is 0.250 e. The molecule has 0 amide bonds. The van der Waals surface area contributed by atoms with E-state index in [0.29, 0.717) is 11.3 Å². The fourth-order valence-corrected chi connectivity index (χ4v) is 2.16. The van der Waals surface area contributed by atoms with Crippen molar-refractivity contribution < 1.29 is 0 Å². The van der Waals surface area contributed by atoms with Crippen LogP contribution in [0.4, 0.5) is 5.82 Å². The van der Waals surface area contributed by atoms with E-state index >= 15 is 0 Å². The number of aromatic nitrogens is 3. The van der Waals surface area contributed by atoms with Crippen molar-refractivity contribution in [3.63, 3.8) is 0 Å². The van der Waals surface area contributed by atoms with E-state index in [1.807, 2.05) is 36.4 Å². The summed E-state index contributed by atoms with van der Waals surface area (Å²) in [6.07, 6.45) is 5.01. The van der Waals surface area contributed by atoms with Crippen molar-refractivity contribution in [1.29, 1.82) is 0 Å². The summed E-state index contributed by atoms with van der Waals surface area (Å²) in [6.45, 7) is 0. The number of anilines is 1. The van der Waals surface area contributed by atoms with Gasteiger partial charge in [0.25, 0.3) is 0 Å². The Balaban J connectivity index is 1.97. The van der Waals surface area contributed by atoms with Crippen molar-refractivity contribution in [2.24, 2.45) is 5.10 Å². The number of benzene rings is 1. The Labute approximate surface area is 147 Å². The Kier molecular flexibility index (Phi) is 4.61. The van der Waals surface area contributed by atoms with Crippen LogP contribution in [0.3, 0.4) is 0 Å². The lowest BCUT2D eigenvalue weighted by atomic mass is 10.2. The average Bonchev–Trinajstić information content (AvgIpc) is 2.55. The molecule has 2 heterocycles. The van der Waals surface area contributed by atoms with Gasteiger partial charge >= 0.3 is 0 Å². The molecule has 3 aromatic rings. The molecule has 0 saturated carbocycles. The topological polar surface area (TPSA) is 63.1 Å². The predicted molar refractivity (Wildman–Crippen MR) is 94.2 cm³/mol. The molecule has 0 spiro atoms. The van der Waals surface area contributed by atoms with Crippen molar-refractivity contribution in [1.82, 2.24) is 15.0 Å². The van der Waals surface area contributed by atoms with Gasteiger partial charge in [0.05, 0.1) is 11.7 Å². The van der Waals surface area contributed by atoms with Crippen LogP contribution >= 0.6 is 34.8 Å². The summed E-state index contributed by atoms with van der Waals surface area (Å²) in [5, 5.41) is 4.94. The van der Waals surface area contributed by atoms with Gasteiger partial charge in [-0.15, -0.1) is 0 Å². The lowest BCUT2D eigenvalue weighted by molar-refractivity contribution is 0.992. The number of nitrogens with zero attached hydrogens (tertiary/aromatic N) is 4. The first-order valence-corrected chi connectivity index (χ1v) is 7.70. The van der Waals surface area contributed by atoms with Gasteiger partial charge in [-0.3, -0.25) is 10.4 Å². The van der Waals surface area contributed by atoms with Gasteiger partial charge in [-0.1, -0.05) is 46.9 Å². The molecule has 3 rings (SSSR count). The zero-order valence-corrected chi connectivity index (χ0v) is 13.9. The highest BCUT2D eigenvalue weighted by Crippen LogP contribution is 2.37. The van der Waals surface area contributed by atoms with Gasteiger partial charge in [0.2, 0.25) is 3.79 Å². The molecule has 0 fully saturated rings. The molecule has 5 nitrogen and oxygen atoms in total. The van der Waals surface area contributed by atoms with Crippen LogP contribution in [0, 0.1) is 0 Å². The molecule has 0 radical (unpaired) electrons. The van der Waals surface area contributed by atoms with E-state index < -0.39 is 3.79 Å². The molecule has 2 aromatic heterocycles. The second kappa shape index (κ2) is 6.66. The second-order valence-electron chi connectivity index (χ2n) is 4.56. The van der Waals surface area contributed by atoms with Gasteiger partial charge in [0.1, 0.15) is 0 Å². The summed E-state index contributed by atoms with van der Waals surface area (Å²) in [5.41, 5.74) is 4.42. The monoisotopic (exact) mass is 365 g/mol. The molecule has 0 bridgehead atoms. The number of para-hydroxylation sites is 1. The number of hydrogen-bond donors (Lipinski definition) is 1. The van der Waals surface area contributed by atoms with E-state index in [0.717, 1.165) is 10.9 Å². The number of nitrogens with one attached hydrogen (secondary N) is 1. The predicted octanol–water partition coefficient (Wildman–Crippen LogP) is 4.30. The Morgan fingerprint density at radius 2 is 1.74 bits per heavy atom. The van der Waals surface area contributed by atoms with Gasteiger partial charge in [-0.05, 0) is 29.8 Å².